The number of aryl methyl sites for hydroxylation is 2. The maximum atomic E-state index is 12.9. The summed E-state index contributed by atoms with van der Waals surface area (Å²) in [6, 6.07) is 0. The summed E-state index contributed by atoms with van der Waals surface area (Å²) in [5.41, 5.74) is -3.37. The van der Waals surface area contributed by atoms with Gasteiger partial charge in [-0.3, -0.25) is 9.89 Å². The number of H-pyrrole nitrogens is 1. The fraction of sp³-hybridized carbons (Fsp3) is 0.706. The molecule has 0 spiro atoms. The first-order valence-corrected chi connectivity index (χ1v) is 16.9. The summed E-state index contributed by atoms with van der Waals surface area (Å²) in [4.78, 5) is 67.3. The van der Waals surface area contributed by atoms with Crippen LogP contribution in [-0.4, -0.2) is 85.9 Å². The lowest BCUT2D eigenvalue weighted by molar-refractivity contribution is -0.193. The maximum absolute atomic E-state index is 12.9. The Morgan fingerprint density at radius 1 is 0.782 bits per heavy atom. The fourth-order valence-electron chi connectivity index (χ4n) is 4.46. The van der Waals surface area contributed by atoms with Crippen LogP contribution in [-0.2, 0) is 41.5 Å². The predicted octanol–water partition coefficient (Wildman–Crippen LogP) is 6.41. The van der Waals surface area contributed by atoms with Gasteiger partial charge in [-0.15, -0.1) is 5.10 Å². The Morgan fingerprint density at radius 3 is 1.53 bits per heavy atom. The van der Waals surface area contributed by atoms with Crippen LogP contribution in [0.4, 0.5) is 35.9 Å². The normalized spacial score (nSPS) is 14.9. The van der Waals surface area contributed by atoms with Gasteiger partial charge in [0.05, 0.1) is 17.4 Å². The molecule has 2 fully saturated rings. The van der Waals surface area contributed by atoms with Crippen LogP contribution in [0, 0.1) is 10.8 Å². The second-order valence-electron chi connectivity index (χ2n) is 14.3. The largest absolute Gasteiger partial charge is 0.476 e. The number of carbonyl (C=O) groups is 2. The van der Waals surface area contributed by atoms with Crippen molar-refractivity contribution in [2.75, 3.05) is 13.2 Å². The Hall–Kier alpha value is -4.74. The van der Waals surface area contributed by atoms with Crippen LogP contribution < -0.4 is 10.3 Å². The summed E-state index contributed by atoms with van der Waals surface area (Å²) in [6.45, 7) is 13.8. The molecule has 2 aromatic heterocycles. The Bertz CT molecular complexity index is 1630. The number of nitrogens with one attached hydrogen (secondary N) is 1. The molecule has 0 aromatic carbocycles. The number of aromatic nitrogens is 4. The molecule has 55 heavy (non-hydrogen) atoms. The molecule has 0 radical (unpaired) electrons. The number of hydrogen-bond donors (Lipinski definition) is 2. The third-order valence-corrected chi connectivity index (χ3v) is 7.80. The number of ether oxygens (including phenoxy) is 3. The molecule has 2 N–H and O–H groups in total. The minimum absolute atomic E-state index is 0.0855. The Labute approximate surface area is 312 Å². The highest BCUT2D eigenvalue weighted by molar-refractivity contribution is 5.70. The lowest BCUT2D eigenvalue weighted by Crippen LogP contribution is -2.28. The second kappa shape index (κ2) is 20.8. The molecule has 0 bridgehead atoms. The molecule has 15 nitrogen and oxygen atoms in total. The number of aliphatic hydroxyl groups excluding tert-OH is 1. The first kappa shape index (κ1) is 50.3. The van der Waals surface area contributed by atoms with Gasteiger partial charge in [-0.25, -0.2) is 9.59 Å². The SMILES string of the molecule is CCc1cn(C(=O)OC(C)(C)C)[nH]c1=O.CCc1cn(C(=O)OC(C)(C)C)nc1OCCC1(C(F)(F)F)CC1.O=C=O.O=C=O.OCCC1(C(F)(F)F)CC1. The van der Waals surface area contributed by atoms with E-state index in [1.165, 1.54) is 12.4 Å². The highest BCUT2D eigenvalue weighted by Crippen LogP contribution is 2.60. The molecule has 2 aliphatic carbocycles. The maximum Gasteiger partial charge on any atom is 0.435 e. The quantitative estimate of drug-likeness (QED) is 0.278. The zero-order chi connectivity index (χ0) is 43.1. The monoisotopic (exact) mass is 802 g/mol. The fourth-order valence-corrected chi connectivity index (χ4v) is 4.46. The summed E-state index contributed by atoms with van der Waals surface area (Å²) in [6.07, 6.45) is -4.48. The van der Waals surface area contributed by atoms with Gasteiger partial charge in [0.15, 0.2) is 0 Å². The first-order valence-electron chi connectivity index (χ1n) is 16.9. The highest BCUT2D eigenvalue weighted by Gasteiger charge is 2.63. The number of alkyl halides is 6. The lowest BCUT2D eigenvalue weighted by atomic mass is 10.0. The van der Waals surface area contributed by atoms with Crippen LogP contribution in [0.5, 0.6) is 5.88 Å². The van der Waals surface area contributed by atoms with Crippen molar-refractivity contribution in [3.05, 3.63) is 33.9 Å². The van der Waals surface area contributed by atoms with E-state index >= 15 is 0 Å². The molecule has 312 valence electrons. The summed E-state index contributed by atoms with van der Waals surface area (Å²) in [5, 5.41) is 14.7. The topological polar surface area (TPSA) is 206 Å². The molecule has 2 aliphatic rings. The second-order valence-corrected chi connectivity index (χ2v) is 14.3. The lowest BCUT2D eigenvalue weighted by Gasteiger charge is -2.19. The molecular weight excluding hydrogens is 754 g/mol. The van der Waals surface area contributed by atoms with E-state index in [0.29, 0.717) is 24.0 Å². The average molecular weight is 803 g/mol. The molecule has 2 aromatic rings. The highest BCUT2D eigenvalue weighted by atomic mass is 19.4. The molecule has 2 saturated carbocycles. The zero-order valence-electron chi connectivity index (χ0n) is 31.9. The van der Waals surface area contributed by atoms with Gasteiger partial charge in [-0.1, -0.05) is 13.8 Å². The molecule has 2 heterocycles. The van der Waals surface area contributed by atoms with Crippen molar-refractivity contribution in [2.24, 2.45) is 10.8 Å². The van der Waals surface area contributed by atoms with Crippen LogP contribution in [0.25, 0.3) is 0 Å². The number of aliphatic hydroxyl groups is 1. The summed E-state index contributed by atoms with van der Waals surface area (Å²) >= 11 is 0. The van der Waals surface area contributed by atoms with Gasteiger partial charge in [0, 0.05) is 30.1 Å². The van der Waals surface area contributed by atoms with Crippen molar-refractivity contribution in [3.63, 3.8) is 0 Å². The van der Waals surface area contributed by atoms with Crippen LogP contribution in [0.1, 0.15) is 105 Å². The molecule has 21 heteroatoms. The van der Waals surface area contributed by atoms with E-state index in [4.69, 9.17) is 38.5 Å². The minimum Gasteiger partial charge on any atom is -0.476 e. The van der Waals surface area contributed by atoms with Crippen LogP contribution >= 0.6 is 0 Å². The van der Waals surface area contributed by atoms with Crippen LogP contribution in [0.2, 0.25) is 0 Å². The number of halogens is 6. The number of nitrogens with zero attached hydrogens (tertiary/aromatic N) is 3. The molecule has 0 saturated heterocycles. The Balaban J connectivity index is 0.000000800. The number of rotatable bonds is 8. The van der Waals surface area contributed by atoms with Crippen molar-refractivity contribution in [1.29, 1.82) is 0 Å². The Kier molecular flexibility index (Phi) is 19.0. The number of carbonyl (C=O) groups excluding carboxylic acids is 6. The number of hydrogen-bond acceptors (Lipinski definition) is 12. The van der Waals surface area contributed by atoms with E-state index in [0.717, 1.165) is 9.36 Å². The van der Waals surface area contributed by atoms with Crippen molar-refractivity contribution in [1.82, 2.24) is 19.6 Å². The Morgan fingerprint density at radius 2 is 1.20 bits per heavy atom. The third-order valence-electron chi connectivity index (χ3n) is 7.80. The van der Waals surface area contributed by atoms with Gasteiger partial charge >= 0.3 is 36.8 Å². The molecule has 0 aliphatic heterocycles. The van der Waals surface area contributed by atoms with E-state index in [1.807, 2.05) is 13.8 Å². The van der Waals surface area contributed by atoms with Crippen LogP contribution in [0.3, 0.4) is 0 Å². The van der Waals surface area contributed by atoms with Crippen molar-refractivity contribution in [3.8, 4) is 5.88 Å². The van der Waals surface area contributed by atoms with Crippen molar-refractivity contribution >= 4 is 24.5 Å². The van der Waals surface area contributed by atoms with E-state index in [9.17, 15) is 40.7 Å². The van der Waals surface area contributed by atoms with E-state index in [2.05, 4.69) is 10.2 Å². The van der Waals surface area contributed by atoms with E-state index in [1.54, 1.807) is 41.5 Å². The summed E-state index contributed by atoms with van der Waals surface area (Å²) in [5.74, 6) is 0.182. The molecule has 0 atom stereocenters. The van der Waals surface area contributed by atoms with Crippen molar-refractivity contribution < 1.29 is 74.4 Å². The van der Waals surface area contributed by atoms with Crippen molar-refractivity contribution in [2.45, 2.75) is 130 Å². The van der Waals surface area contributed by atoms with Gasteiger partial charge in [-0.2, -0.15) is 54.9 Å². The third kappa shape index (κ3) is 17.1. The van der Waals surface area contributed by atoms with Gasteiger partial charge in [0.1, 0.15) is 11.2 Å². The van der Waals surface area contributed by atoms with E-state index < -0.39 is 46.6 Å². The van der Waals surface area contributed by atoms with Gasteiger partial charge in [0.25, 0.3) is 5.56 Å². The first-order chi connectivity index (χ1) is 25.2. The predicted molar refractivity (Wildman–Crippen MR) is 177 cm³/mol. The van der Waals surface area contributed by atoms with Crippen LogP contribution in [0.15, 0.2) is 17.2 Å². The summed E-state index contributed by atoms with van der Waals surface area (Å²) in [7, 11) is 0. The number of aromatic amines is 1. The van der Waals surface area contributed by atoms with Gasteiger partial charge in [0.2, 0.25) is 5.88 Å². The zero-order valence-corrected chi connectivity index (χ0v) is 31.9. The minimum atomic E-state index is -4.19. The molecular formula is C34H48F6N4O11. The molecule has 4 rings (SSSR count). The standard InChI is InChI=1S/C16H23F3N2O3.C10H16N2O3.C6H9F3O.2CO2/c1-5-11-10-21(13(22)24-14(2,3)4)20-12(11)23-9-8-15(6-7-15)16(17,18)19;1-5-7-6-12(11-8(7)13)9(14)15-10(2,3)4;7-6(8,9)5(1-2-5)3-4-10;2*2-1-3/h10H,5-9H2,1-4H3;6H,5H2,1-4H3,(H,11,13);10H,1-4H2;;. The van der Waals surface area contributed by atoms with Gasteiger partial charge in [-0.05, 0) is 92.9 Å². The molecule has 0 unspecified atom stereocenters. The smallest absolute Gasteiger partial charge is 0.435 e. The average Bonchev–Trinajstić information content (AvgIpc) is 3.93. The summed E-state index contributed by atoms with van der Waals surface area (Å²) < 4.78 is 92.4. The molecule has 0 amide bonds. The van der Waals surface area contributed by atoms with Gasteiger partial charge < -0.3 is 19.3 Å². The van der Waals surface area contributed by atoms with E-state index in [-0.39, 0.29) is 75.5 Å².